The van der Waals surface area contributed by atoms with E-state index in [4.69, 9.17) is 4.74 Å². The van der Waals surface area contributed by atoms with Crippen LogP contribution in [0.5, 0.6) is 0 Å². The van der Waals surface area contributed by atoms with E-state index in [0.717, 1.165) is 12.8 Å². The molecule has 0 saturated carbocycles. The molecule has 0 aromatic carbocycles. The first-order valence-corrected chi connectivity index (χ1v) is 5.55. The number of Topliss-reactive ketones (excluding diaryl/α,β-unsaturated/α-hetero) is 1. The Bertz CT molecular complexity index is 183. The van der Waals surface area contributed by atoms with E-state index in [-0.39, 0.29) is 23.4 Å². The molecule has 14 heavy (non-hydrogen) atoms. The van der Waals surface area contributed by atoms with Crippen LogP contribution in [0.3, 0.4) is 0 Å². The van der Waals surface area contributed by atoms with Gasteiger partial charge in [0.1, 0.15) is 6.10 Å². The normalized spacial score (nSPS) is 14.5. The van der Waals surface area contributed by atoms with Crippen molar-refractivity contribution >= 4 is 5.78 Å². The van der Waals surface area contributed by atoms with Crippen molar-refractivity contribution in [2.24, 2.45) is 5.92 Å². The van der Waals surface area contributed by atoms with E-state index in [9.17, 15) is 4.79 Å². The molecule has 2 heteroatoms. The summed E-state index contributed by atoms with van der Waals surface area (Å²) in [4.78, 5) is 11.7. The van der Waals surface area contributed by atoms with Gasteiger partial charge < -0.3 is 4.74 Å². The maximum Gasteiger partial charge on any atom is 0.164 e. The van der Waals surface area contributed by atoms with Gasteiger partial charge in [-0.25, -0.2) is 0 Å². The van der Waals surface area contributed by atoms with Crippen LogP contribution in [0.1, 0.15) is 54.4 Å². The predicted molar refractivity (Wildman–Crippen MR) is 59.4 cm³/mol. The number of rotatable bonds is 6. The molecule has 0 spiro atoms. The molecular formula is C12H24O2. The highest BCUT2D eigenvalue weighted by Gasteiger charge is 2.26. The summed E-state index contributed by atoms with van der Waals surface area (Å²) in [6.45, 7) is 12.0. The predicted octanol–water partition coefficient (Wildman–Crippen LogP) is 3.20. The molecule has 0 aromatic rings. The van der Waals surface area contributed by atoms with Crippen molar-refractivity contribution in [1.82, 2.24) is 0 Å². The van der Waals surface area contributed by atoms with Crippen LogP contribution in [0.25, 0.3) is 0 Å². The summed E-state index contributed by atoms with van der Waals surface area (Å²) >= 11 is 0. The second kappa shape index (κ2) is 5.50. The maximum absolute atomic E-state index is 11.7. The summed E-state index contributed by atoms with van der Waals surface area (Å²) in [6, 6.07) is 0. The van der Waals surface area contributed by atoms with E-state index >= 15 is 0 Å². The molecule has 84 valence electrons. The molecule has 0 rings (SSSR count). The Hall–Kier alpha value is -0.370. The molecule has 0 aliphatic heterocycles. The van der Waals surface area contributed by atoms with Crippen LogP contribution >= 0.6 is 0 Å². The molecule has 1 atom stereocenters. The van der Waals surface area contributed by atoms with Gasteiger partial charge in [-0.3, -0.25) is 4.79 Å². The van der Waals surface area contributed by atoms with Crippen LogP contribution in [0.4, 0.5) is 0 Å². The Labute approximate surface area is 88.0 Å². The highest BCUT2D eigenvalue weighted by Crippen LogP contribution is 2.20. The average Bonchev–Trinajstić information content (AvgIpc) is 2.13. The lowest BCUT2D eigenvalue weighted by Gasteiger charge is -2.29. The fraction of sp³-hybridized carbons (Fsp3) is 0.917. The Morgan fingerprint density at radius 3 is 2.07 bits per heavy atom. The van der Waals surface area contributed by atoms with Crippen LogP contribution in [0.15, 0.2) is 0 Å². The van der Waals surface area contributed by atoms with E-state index in [1.807, 2.05) is 34.6 Å². The molecule has 0 saturated heterocycles. The summed E-state index contributed by atoms with van der Waals surface area (Å²) < 4.78 is 5.81. The van der Waals surface area contributed by atoms with Gasteiger partial charge in [-0.2, -0.15) is 0 Å². The molecule has 0 N–H and O–H groups in total. The van der Waals surface area contributed by atoms with Crippen LogP contribution in [-0.4, -0.2) is 17.5 Å². The van der Waals surface area contributed by atoms with E-state index in [2.05, 4.69) is 6.92 Å². The Balaban J connectivity index is 4.37. The Morgan fingerprint density at radius 2 is 1.79 bits per heavy atom. The van der Waals surface area contributed by atoms with Crippen LogP contribution in [0.2, 0.25) is 0 Å². The van der Waals surface area contributed by atoms with Crippen molar-refractivity contribution in [1.29, 1.82) is 0 Å². The molecule has 0 heterocycles. The molecule has 0 radical (unpaired) electrons. The largest absolute Gasteiger partial charge is 0.365 e. The summed E-state index contributed by atoms with van der Waals surface area (Å²) in [7, 11) is 0. The molecular weight excluding hydrogens is 176 g/mol. The Kier molecular flexibility index (Phi) is 5.35. The lowest BCUT2D eigenvalue weighted by Crippen LogP contribution is -2.36. The second-order valence-electron chi connectivity index (χ2n) is 4.69. The van der Waals surface area contributed by atoms with Gasteiger partial charge in [-0.1, -0.05) is 27.7 Å². The zero-order valence-corrected chi connectivity index (χ0v) is 10.4. The summed E-state index contributed by atoms with van der Waals surface area (Å²) in [5.74, 6) is 0.279. The van der Waals surface area contributed by atoms with Crippen LogP contribution in [-0.2, 0) is 9.53 Å². The molecule has 0 amide bonds. The van der Waals surface area contributed by atoms with Crippen LogP contribution < -0.4 is 0 Å². The van der Waals surface area contributed by atoms with Crippen molar-refractivity contribution in [2.45, 2.75) is 66.1 Å². The minimum atomic E-state index is -0.232. The molecule has 0 bridgehead atoms. The third-order valence-electron chi connectivity index (χ3n) is 2.57. The quantitative estimate of drug-likeness (QED) is 0.658. The van der Waals surface area contributed by atoms with Gasteiger partial charge >= 0.3 is 0 Å². The van der Waals surface area contributed by atoms with Gasteiger partial charge in [0, 0.05) is 5.92 Å². The summed E-state index contributed by atoms with van der Waals surface area (Å²) in [5.41, 5.74) is -0.189. The first-order chi connectivity index (χ1) is 6.34. The minimum absolute atomic E-state index is 0.0626. The number of carbonyl (C=O) groups is 1. The van der Waals surface area contributed by atoms with E-state index in [1.165, 1.54) is 0 Å². The van der Waals surface area contributed by atoms with Crippen molar-refractivity contribution < 1.29 is 9.53 Å². The van der Waals surface area contributed by atoms with E-state index in [1.54, 1.807) is 0 Å². The molecule has 0 aromatic heterocycles. The van der Waals surface area contributed by atoms with Crippen molar-refractivity contribution in [3.8, 4) is 0 Å². The lowest BCUT2D eigenvalue weighted by molar-refractivity contribution is -0.145. The van der Waals surface area contributed by atoms with Gasteiger partial charge in [0.25, 0.3) is 0 Å². The summed E-state index contributed by atoms with van der Waals surface area (Å²) in [6.07, 6.45) is 1.46. The zero-order valence-electron chi connectivity index (χ0n) is 10.4. The number of carbonyl (C=O) groups excluding carboxylic acids is 1. The third kappa shape index (κ3) is 4.23. The molecule has 0 aliphatic rings. The van der Waals surface area contributed by atoms with Gasteiger partial charge in [-0.15, -0.1) is 0 Å². The van der Waals surface area contributed by atoms with E-state index < -0.39 is 0 Å². The second-order valence-corrected chi connectivity index (χ2v) is 4.69. The monoisotopic (exact) mass is 200 g/mol. The minimum Gasteiger partial charge on any atom is -0.365 e. The number of ketones is 1. The highest BCUT2D eigenvalue weighted by molar-refractivity contribution is 5.84. The lowest BCUT2D eigenvalue weighted by atomic mass is 10.00. The Morgan fingerprint density at radius 1 is 1.29 bits per heavy atom. The molecule has 0 aliphatic carbocycles. The van der Waals surface area contributed by atoms with Gasteiger partial charge in [0.2, 0.25) is 0 Å². The SMILES string of the molecule is CC[C@H](OC(C)(C)CC)C(=O)C(C)C. The van der Waals surface area contributed by atoms with Gasteiger partial charge in [0.05, 0.1) is 5.60 Å². The highest BCUT2D eigenvalue weighted by atomic mass is 16.5. The molecule has 2 nitrogen and oxygen atoms in total. The first-order valence-electron chi connectivity index (χ1n) is 5.55. The topological polar surface area (TPSA) is 26.3 Å². The first kappa shape index (κ1) is 13.6. The van der Waals surface area contributed by atoms with Crippen LogP contribution in [0, 0.1) is 5.92 Å². The molecule has 0 fully saturated rings. The van der Waals surface area contributed by atoms with Gasteiger partial charge in [0.15, 0.2) is 5.78 Å². The standard InChI is InChI=1S/C12H24O2/c1-7-10(11(13)9(3)4)14-12(5,6)8-2/h9-10H,7-8H2,1-6H3/t10-/m0/s1. The fourth-order valence-electron chi connectivity index (χ4n) is 1.18. The average molecular weight is 200 g/mol. The van der Waals surface area contributed by atoms with E-state index in [0.29, 0.717) is 0 Å². The summed E-state index contributed by atoms with van der Waals surface area (Å²) in [5, 5.41) is 0. The fourth-order valence-corrected chi connectivity index (χ4v) is 1.18. The number of hydrogen-bond acceptors (Lipinski definition) is 2. The smallest absolute Gasteiger partial charge is 0.164 e. The van der Waals surface area contributed by atoms with Crippen molar-refractivity contribution in [3.05, 3.63) is 0 Å². The zero-order chi connectivity index (χ0) is 11.4. The maximum atomic E-state index is 11.7. The molecule has 0 unspecified atom stereocenters. The third-order valence-corrected chi connectivity index (χ3v) is 2.57. The van der Waals surface area contributed by atoms with Gasteiger partial charge in [-0.05, 0) is 26.7 Å². The number of hydrogen-bond donors (Lipinski definition) is 0. The number of ether oxygens (including phenoxy) is 1. The van der Waals surface area contributed by atoms with Crippen molar-refractivity contribution in [2.75, 3.05) is 0 Å². The van der Waals surface area contributed by atoms with Crippen molar-refractivity contribution in [3.63, 3.8) is 0 Å².